The predicted molar refractivity (Wildman–Crippen MR) is 412 cm³/mol. The van der Waals surface area contributed by atoms with Gasteiger partial charge in [-0.2, -0.15) is 0 Å². The van der Waals surface area contributed by atoms with Crippen LogP contribution in [0.1, 0.15) is 16.7 Å². The van der Waals surface area contributed by atoms with Gasteiger partial charge in [-0.05, 0) is 148 Å². The first-order valence-corrected chi connectivity index (χ1v) is 33.6. The SMILES string of the molecule is Cc1ccc(-c2ccccc2)cc1N(c1cccc(-c2ccccc2)c1)c1ccc2c3cccc4c5c(-c6ccccc6)c6c(c(-c7ccccc7)c5n(c2c1)c34)c1cccc2c3ccc(N(c4cc(-c5ccccc5)ccc4C)c4cc(-c5ccccc5)ccc4C)cc3n6c21. The minimum absolute atomic E-state index is 1.08. The van der Waals surface area contributed by atoms with E-state index in [1.165, 1.54) is 143 Å². The molecule has 0 spiro atoms. The van der Waals surface area contributed by atoms with Crippen LogP contribution in [0.4, 0.5) is 34.1 Å². The van der Waals surface area contributed by atoms with Crippen LogP contribution >= 0.6 is 0 Å². The Morgan fingerprint density at radius 1 is 0.206 bits per heavy atom. The molecular weight excluding hydrogens is 1170 g/mol. The van der Waals surface area contributed by atoms with Crippen molar-refractivity contribution in [3.8, 4) is 66.8 Å². The molecule has 0 aliphatic heterocycles. The molecule has 4 heteroatoms. The van der Waals surface area contributed by atoms with Crippen LogP contribution < -0.4 is 9.80 Å². The van der Waals surface area contributed by atoms with Crippen molar-refractivity contribution in [1.82, 2.24) is 8.80 Å². The number of para-hydroxylation sites is 2. The van der Waals surface area contributed by atoms with Gasteiger partial charge in [0.1, 0.15) is 0 Å². The van der Waals surface area contributed by atoms with E-state index in [-0.39, 0.29) is 0 Å². The highest BCUT2D eigenvalue weighted by atomic mass is 15.2. The van der Waals surface area contributed by atoms with Crippen molar-refractivity contribution in [3.63, 3.8) is 0 Å². The van der Waals surface area contributed by atoms with Gasteiger partial charge in [-0.15, -0.1) is 0 Å². The number of rotatable bonds is 12. The maximum atomic E-state index is 2.66. The molecule has 0 saturated carbocycles. The van der Waals surface area contributed by atoms with E-state index in [1.54, 1.807) is 0 Å². The summed E-state index contributed by atoms with van der Waals surface area (Å²) in [5.74, 6) is 0. The maximum absolute atomic E-state index is 2.66. The van der Waals surface area contributed by atoms with Gasteiger partial charge in [0.2, 0.25) is 0 Å². The lowest BCUT2D eigenvalue weighted by Gasteiger charge is -2.30. The number of anilines is 6. The van der Waals surface area contributed by atoms with Crippen LogP contribution in [-0.4, -0.2) is 8.80 Å². The van der Waals surface area contributed by atoms with Crippen molar-refractivity contribution in [2.45, 2.75) is 20.8 Å². The molecule has 0 N–H and O–H groups in total. The summed E-state index contributed by atoms with van der Waals surface area (Å²) in [4.78, 5) is 5.01. The topological polar surface area (TPSA) is 15.3 Å². The third kappa shape index (κ3) is 8.84. The Kier molecular flexibility index (Phi) is 12.9. The predicted octanol–water partition coefficient (Wildman–Crippen LogP) is 25.9. The van der Waals surface area contributed by atoms with Gasteiger partial charge in [-0.1, -0.05) is 279 Å². The maximum Gasteiger partial charge on any atom is 0.0634 e. The molecule has 0 atom stereocenters. The fraction of sp³-hybridized carbons (Fsp3) is 0.0323. The second kappa shape index (κ2) is 22.3. The van der Waals surface area contributed by atoms with Crippen LogP contribution in [-0.2, 0) is 0 Å². The molecule has 0 amide bonds. The summed E-state index contributed by atoms with van der Waals surface area (Å²) >= 11 is 0. The molecule has 4 aromatic heterocycles. The number of benzene rings is 15. The Bertz CT molecular complexity index is 6160. The smallest absolute Gasteiger partial charge is 0.0634 e. The minimum atomic E-state index is 1.08. The standard InChI is InChI=1S/C93H64N4/c1-59-43-46-69(63-27-12-5-13-28-63)54-81(59)94(72-38-22-37-68(53-72)62-25-10-4-11-26-62)73-49-51-75-77-39-23-41-79-88-87(67-35-20-9-21-36-67)93-89(86(66-33-18-8-19-34-66)92(88)96(90(77)79)84(75)57-73)80-42-24-40-78-76-52-50-74(58-85(76)97(93)91(78)80)95(82-55-70(47-44-60(82)2)64-29-14-6-15-30-64)83-56-71(48-45-61(83)3)65-31-16-7-17-32-65/h4-58H,1-3H3. The third-order valence-electron chi connectivity index (χ3n) is 20.5. The Morgan fingerprint density at radius 3 is 0.907 bits per heavy atom. The Hall–Kier alpha value is -12.5. The molecule has 0 radical (unpaired) electrons. The summed E-state index contributed by atoms with van der Waals surface area (Å²) in [6.07, 6.45) is 0. The lowest BCUT2D eigenvalue weighted by atomic mass is 9.89. The summed E-state index contributed by atoms with van der Waals surface area (Å²) in [6, 6.07) is 124. The van der Waals surface area contributed by atoms with Crippen molar-refractivity contribution in [2.75, 3.05) is 9.80 Å². The zero-order valence-corrected chi connectivity index (χ0v) is 54.0. The molecule has 19 aromatic rings. The number of hydrogen-bond acceptors (Lipinski definition) is 2. The van der Waals surface area contributed by atoms with Gasteiger partial charge in [0.25, 0.3) is 0 Å². The molecule has 0 fully saturated rings. The van der Waals surface area contributed by atoms with E-state index in [9.17, 15) is 0 Å². The summed E-state index contributed by atoms with van der Waals surface area (Å²) in [7, 11) is 0. The molecule has 4 nitrogen and oxygen atoms in total. The van der Waals surface area contributed by atoms with Gasteiger partial charge in [-0.3, -0.25) is 0 Å². The Balaban J connectivity index is 0.927. The van der Waals surface area contributed by atoms with Crippen LogP contribution in [0.15, 0.2) is 334 Å². The van der Waals surface area contributed by atoms with Crippen LogP contribution in [0.5, 0.6) is 0 Å². The lowest BCUT2D eigenvalue weighted by Crippen LogP contribution is -2.13. The van der Waals surface area contributed by atoms with Crippen LogP contribution in [0.2, 0.25) is 0 Å². The molecule has 0 aliphatic carbocycles. The van der Waals surface area contributed by atoms with Crippen LogP contribution in [0.25, 0.3) is 143 Å². The van der Waals surface area contributed by atoms with Gasteiger partial charge in [0.05, 0.1) is 33.1 Å². The molecule has 19 rings (SSSR count). The third-order valence-corrected chi connectivity index (χ3v) is 20.5. The van der Waals surface area contributed by atoms with E-state index in [0.29, 0.717) is 0 Å². The van der Waals surface area contributed by atoms with Gasteiger partial charge >= 0.3 is 0 Å². The Labute approximate surface area is 563 Å². The molecule has 0 bridgehead atoms. The van der Waals surface area contributed by atoms with Gasteiger partial charge in [0, 0.05) is 88.3 Å². The number of hydrogen-bond donors (Lipinski definition) is 0. The average molecular weight is 1240 g/mol. The fourth-order valence-electron chi connectivity index (χ4n) is 16.0. The highest BCUT2D eigenvalue weighted by Gasteiger charge is 2.32. The zero-order chi connectivity index (χ0) is 64.4. The molecule has 15 aromatic carbocycles. The van der Waals surface area contributed by atoms with Gasteiger partial charge in [-0.25, -0.2) is 0 Å². The largest absolute Gasteiger partial charge is 0.310 e. The van der Waals surface area contributed by atoms with E-state index in [2.05, 4.69) is 373 Å². The second-order valence-corrected chi connectivity index (χ2v) is 26.1. The first-order valence-electron chi connectivity index (χ1n) is 33.6. The summed E-state index contributed by atoms with van der Waals surface area (Å²) < 4.78 is 5.31. The Morgan fingerprint density at radius 2 is 0.515 bits per heavy atom. The molecule has 0 aliphatic rings. The van der Waals surface area contributed by atoms with E-state index < -0.39 is 0 Å². The summed E-state index contributed by atoms with van der Waals surface area (Å²) in [5, 5.41) is 9.80. The number of aryl methyl sites for hydroxylation is 3. The number of nitrogens with zero attached hydrogens (tertiary/aromatic N) is 4. The molecule has 456 valence electrons. The van der Waals surface area contributed by atoms with Crippen LogP contribution in [0, 0.1) is 20.8 Å². The summed E-state index contributed by atoms with van der Waals surface area (Å²) in [6.45, 7) is 6.76. The quantitative estimate of drug-likeness (QED) is 0.121. The van der Waals surface area contributed by atoms with Crippen molar-refractivity contribution >= 4 is 110 Å². The summed E-state index contributed by atoms with van der Waals surface area (Å²) in [5.41, 5.74) is 31.5. The highest BCUT2D eigenvalue weighted by molar-refractivity contribution is 6.38. The molecule has 4 heterocycles. The molecule has 97 heavy (non-hydrogen) atoms. The first-order chi connectivity index (χ1) is 47.9. The van der Waals surface area contributed by atoms with E-state index in [0.717, 1.165) is 50.7 Å². The first kappa shape index (κ1) is 56.1. The normalized spacial score (nSPS) is 11.9. The van der Waals surface area contributed by atoms with E-state index in [1.807, 2.05) is 0 Å². The minimum Gasteiger partial charge on any atom is -0.310 e. The van der Waals surface area contributed by atoms with Crippen molar-refractivity contribution < 1.29 is 0 Å². The lowest BCUT2D eigenvalue weighted by molar-refractivity contribution is 1.23. The zero-order valence-electron chi connectivity index (χ0n) is 54.0. The van der Waals surface area contributed by atoms with E-state index in [4.69, 9.17) is 0 Å². The van der Waals surface area contributed by atoms with Gasteiger partial charge < -0.3 is 18.6 Å². The number of fused-ring (bicyclic) bond motifs is 12. The molecule has 0 unspecified atom stereocenters. The van der Waals surface area contributed by atoms with Crippen molar-refractivity contribution in [3.05, 3.63) is 350 Å². The highest BCUT2D eigenvalue weighted by Crippen LogP contribution is 2.55. The number of aromatic nitrogens is 2. The van der Waals surface area contributed by atoms with E-state index >= 15 is 0 Å². The monoisotopic (exact) mass is 1240 g/mol. The fourth-order valence-corrected chi connectivity index (χ4v) is 16.0. The van der Waals surface area contributed by atoms with Crippen molar-refractivity contribution in [2.24, 2.45) is 0 Å². The second-order valence-electron chi connectivity index (χ2n) is 26.1. The molecular formula is C93H64N4. The van der Waals surface area contributed by atoms with Crippen LogP contribution in [0.3, 0.4) is 0 Å². The van der Waals surface area contributed by atoms with Crippen molar-refractivity contribution in [1.29, 1.82) is 0 Å². The van der Waals surface area contributed by atoms with Gasteiger partial charge in [0.15, 0.2) is 0 Å². The molecule has 0 saturated heterocycles. The average Bonchev–Trinajstić information content (AvgIpc) is 1.50.